The first-order valence-electron chi connectivity index (χ1n) is 12.4. The van der Waals surface area contributed by atoms with Gasteiger partial charge in [-0.3, -0.25) is 28.7 Å². The molecule has 0 spiro atoms. The second kappa shape index (κ2) is 9.26. The molecule has 0 atom stereocenters. The molecule has 0 aliphatic carbocycles. The van der Waals surface area contributed by atoms with E-state index in [1.54, 1.807) is 6.07 Å². The van der Waals surface area contributed by atoms with Crippen LogP contribution in [0.5, 0.6) is 11.8 Å². The summed E-state index contributed by atoms with van der Waals surface area (Å²) in [7, 11) is 0. The summed E-state index contributed by atoms with van der Waals surface area (Å²) in [5.41, 5.74) is -0.680. The molecule has 0 amide bonds. The van der Waals surface area contributed by atoms with Crippen LogP contribution in [-0.4, -0.2) is 32.4 Å². The first-order chi connectivity index (χ1) is 16.9. The Bertz CT molecular complexity index is 1700. The van der Waals surface area contributed by atoms with Gasteiger partial charge in [0, 0.05) is 33.7 Å². The van der Waals surface area contributed by atoms with Gasteiger partial charge in [-0.2, -0.15) is 0 Å². The minimum atomic E-state index is -0.347. The monoisotopic (exact) mass is 540 g/mol. The zero-order valence-electron chi connectivity index (χ0n) is 20.0. The van der Waals surface area contributed by atoms with E-state index in [4.69, 9.17) is 0 Å². The van der Waals surface area contributed by atoms with Crippen molar-refractivity contribution in [2.45, 2.75) is 65.5 Å². The molecule has 4 aromatic rings. The van der Waals surface area contributed by atoms with E-state index in [1.165, 1.54) is 9.13 Å². The van der Waals surface area contributed by atoms with Crippen molar-refractivity contribution in [1.82, 2.24) is 9.13 Å². The second-order valence-corrected chi connectivity index (χ2v) is 10.1. The van der Waals surface area contributed by atoms with Crippen LogP contribution in [0.15, 0.2) is 30.1 Å². The van der Waals surface area contributed by atoms with Gasteiger partial charge in [-0.25, -0.2) is 0 Å². The minimum Gasteiger partial charge on any atom is -0.494 e. The largest absolute Gasteiger partial charge is 0.494 e. The molecule has 0 saturated carbocycles. The zero-order chi connectivity index (χ0) is 24.9. The molecule has 0 unspecified atom stereocenters. The highest BCUT2D eigenvalue weighted by molar-refractivity contribution is 9.10. The van der Waals surface area contributed by atoms with E-state index in [0.29, 0.717) is 73.7 Å². The molecule has 2 aromatic carbocycles. The van der Waals surface area contributed by atoms with Crippen LogP contribution in [0, 0.1) is 0 Å². The molecular weight excluding hydrogens is 512 g/mol. The van der Waals surface area contributed by atoms with Gasteiger partial charge in [0.2, 0.25) is 11.8 Å². The van der Waals surface area contributed by atoms with Gasteiger partial charge in [0.25, 0.3) is 11.1 Å². The van der Waals surface area contributed by atoms with Crippen LogP contribution in [-0.2, 0) is 13.1 Å². The third kappa shape index (κ3) is 3.54. The van der Waals surface area contributed by atoms with Gasteiger partial charge in [-0.1, -0.05) is 39.5 Å². The molecule has 8 nitrogen and oxygen atoms in total. The van der Waals surface area contributed by atoms with Gasteiger partial charge in [0.15, 0.2) is 0 Å². The highest BCUT2D eigenvalue weighted by atomic mass is 79.9. The van der Waals surface area contributed by atoms with Crippen molar-refractivity contribution in [3.05, 3.63) is 42.0 Å². The Labute approximate surface area is 209 Å². The van der Waals surface area contributed by atoms with Crippen LogP contribution >= 0.6 is 15.9 Å². The summed E-state index contributed by atoms with van der Waals surface area (Å²) >= 11 is 3.56. The Kier molecular flexibility index (Phi) is 6.29. The van der Waals surface area contributed by atoms with E-state index in [9.17, 15) is 19.8 Å². The number of unbranched alkanes of at least 4 members (excludes halogenated alkanes) is 4. The molecule has 2 aromatic heterocycles. The molecule has 5 rings (SSSR count). The van der Waals surface area contributed by atoms with Crippen molar-refractivity contribution in [3.8, 4) is 11.8 Å². The lowest BCUT2D eigenvalue weighted by atomic mass is 9.94. The number of aromatic hydroxyl groups is 2. The summed E-state index contributed by atoms with van der Waals surface area (Å²) in [5, 5.41) is 26.0. The number of halogens is 1. The summed E-state index contributed by atoms with van der Waals surface area (Å²) in [4.78, 5) is 36.7. The van der Waals surface area contributed by atoms with Crippen molar-refractivity contribution in [2.24, 2.45) is 9.98 Å². The topological polar surface area (TPSA) is 109 Å². The fourth-order valence-corrected chi connectivity index (χ4v) is 5.87. The van der Waals surface area contributed by atoms with Crippen molar-refractivity contribution in [1.29, 1.82) is 0 Å². The smallest absolute Gasteiger partial charge is 0.263 e. The van der Waals surface area contributed by atoms with Gasteiger partial charge in [0.05, 0.1) is 40.0 Å². The molecule has 184 valence electrons. The van der Waals surface area contributed by atoms with Gasteiger partial charge in [-0.15, -0.1) is 0 Å². The quantitative estimate of drug-likeness (QED) is 0.262. The molecule has 2 N–H and O–H groups in total. The highest BCUT2D eigenvalue weighted by Gasteiger charge is 2.27. The average Bonchev–Trinajstić information content (AvgIpc) is 2.85. The summed E-state index contributed by atoms with van der Waals surface area (Å²) in [6.45, 7) is 5.79. The molecule has 0 radical (unpaired) electrons. The van der Waals surface area contributed by atoms with Crippen molar-refractivity contribution >= 4 is 48.2 Å². The molecular formula is C26H29BrN4O4. The summed E-state index contributed by atoms with van der Waals surface area (Å²) in [6, 6.07) is 1.70. The predicted molar refractivity (Wildman–Crippen MR) is 141 cm³/mol. The average molecular weight is 541 g/mol. The maximum atomic E-state index is 13.8. The van der Waals surface area contributed by atoms with E-state index in [1.807, 2.05) is 0 Å². The lowest BCUT2D eigenvalue weighted by molar-refractivity contribution is 0.406. The Hall–Kier alpha value is -2.94. The number of fused-ring (bicyclic) bond motifs is 3. The first kappa shape index (κ1) is 23.8. The number of benzene rings is 2. The second-order valence-electron chi connectivity index (χ2n) is 9.22. The Morgan fingerprint density at radius 1 is 0.771 bits per heavy atom. The Morgan fingerprint density at radius 2 is 1.31 bits per heavy atom. The molecule has 3 heterocycles. The fourth-order valence-electron chi connectivity index (χ4n) is 5.27. The number of hydrogen-bond acceptors (Lipinski definition) is 6. The molecule has 1 aliphatic heterocycles. The van der Waals surface area contributed by atoms with E-state index < -0.39 is 0 Å². The first-order valence-corrected chi connectivity index (χ1v) is 13.2. The lowest BCUT2D eigenvalue weighted by Crippen LogP contribution is -2.38. The van der Waals surface area contributed by atoms with Crippen LogP contribution in [0.3, 0.4) is 0 Å². The van der Waals surface area contributed by atoms with Crippen LogP contribution in [0.2, 0.25) is 0 Å². The van der Waals surface area contributed by atoms with Gasteiger partial charge >= 0.3 is 0 Å². The number of aromatic nitrogens is 2. The molecule has 1 aliphatic rings. The SMILES string of the molecule is CCCCCn1c(O)c2c3c(c4c(=O)n(CCCCC)c(O)c5cc(Br)c(c1=O)c2c54)=NCCN=3. The summed E-state index contributed by atoms with van der Waals surface area (Å²) < 4.78 is 3.31. The number of nitrogens with zero attached hydrogens (tertiary/aromatic N) is 4. The van der Waals surface area contributed by atoms with Crippen molar-refractivity contribution in [2.75, 3.05) is 13.1 Å². The molecule has 0 saturated heterocycles. The van der Waals surface area contributed by atoms with Gasteiger partial charge in [-0.05, 0) is 34.8 Å². The Morgan fingerprint density at radius 3 is 1.91 bits per heavy atom. The zero-order valence-corrected chi connectivity index (χ0v) is 21.6. The maximum absolute atomic E-state index is 13.8. The normalized spacial score (nSPS) is 13.5. The number of hydrogen-bond donors (Lipinski definition) is 2. The van der Waals surface area contributed by atoms with E-state index >= 15 is 0 Å². The lowest BCUT2D eigenvalue weighted by Gasteiger charge is -2.20. The fraction of sp³-hybridized carbons (Fsp3) is 0.462. The van der Waals surface area contributed by atoms with Crippen LogP contribution in [0.1, 0.15) is 52.4 Å². The summed E-state index contributed by atoms with van der Waals surface area (Å²) in [6.07, 6.45) is 5.35. The van der Waals surface area contributed by atoms with E-state index in [2.05, 4.69) is 39.8 Å². The standard InChI is InChI=1S/C26H29BrN4O4/c1-3-5-7-11-30-23(32)14-13-15(27)17-18-16(14)19(25(30)34)21-22(29-10-9-28-21)20(18)26(35)31(24(17)33)12-8-6-4-2/h13,32,35H,3-12H2,1-2H3. The van der Waals surface area contributed by atoms with Crippen LogP contribution in [0.4, 0.5) is 0 Å². The molecule has 35 heavy (non-hydrogen) atoms. The number of pyridine rings is 2. The van der Waals surface area contributed by atoms with E-state index in [-0.39, 0.29) is 22.9 Å². The highest BCUT2D eigenvalue weighted by Crippen LogP contribution is 2.39. The number of rotatable bonds is 8. The molecule has 9 heteroatoms. The Balaban J connectivity index is 2.02. The predicted octanol–water partition coefficient (Wildman–Crippen LogP) is 3.71. The maximum Gasteiger partial charge on any atom is 0.263 e. The third-order valence-electron chi connectivity index (χ3n) is 6.98. The van der Waals surface area contributed by atoms with Crippen LogP contribution < -0.4 is 21.8 Å². The van der Waals surface area contributed by atoms with E-state index in [0.717, 1.165) is 38.5 Å². The molecule has 0 fully saturated rings. The van der Waals surface area contributed by atoms with Crippen molar-refractivity contribution < 1.29 is 10.2 Å². The summed E-state index contributed by atoms with van der Waals surface area (Å²) in [5.74, 6) is -0.301. The third-order valence-corrected chi connectivity index (χ3v) is 7.61. The minimum absolute atomic E-state index is 0.137. The van der Waals surface area contributed by atoms with Gasteiger partial charge < -0.3 is 10.2 Å². The molecule has 0 bridgehead atoms. The van der Waals surface area contributed by atoms with Gasteiger partial charge in [0.1, 0.15) is 0 Å². The van der Waals surface area contributed by atoms with Crippen molar-refractivity contribution in [3.63, 3.8) is 0 Å². The van der Waals surface area contributed by atoms with Crippen LogP contribution in [0.25, 0.3) is 32.3 Å².